The SMILES string of the molecule is COC(=O)/C(C)=C/COc1cccc([N+](=O)[O-])c1Br. The van der Waals surface area contributed by atoms with Crippen LogP contribution < -0.4 is 4.74 Å². The minimum absolute atomic E-state index is 0.0776. The number of carbonyl (C=O) groups is 1. The van der Waals surface area contributed by atoms with Crippen molar-refractivity contribution in [2.24, 2.45) is 0 Å². The van der Waals surface area contributed by atoms with Crippen LogP contribution in [0.3, 0.4) is 0 Å². The molecule has 0 radical (unpaired) electrons. The predicted octanol–water partition coefficient (Wildman–Crippen LogP) is 2.86. The zero-order valence-corrected chi connectivity index (χ0v) is 12.0. The summed E-state index contributed by atoms with van der Waals surface area (Å²) in [5.74, 6) is -0.107. The van der Waals surface area contributed by atoms with Crippen molar-refractivity contribution < 1.29 is 19.2 Å². The molecule has 1 rings (SSSR count). The van der Waals surface area contributed by atoms with Gasteiger partial charge in [-0.2, -0.15) is 0 Å². The van der Waals surface area contributed by atoms with E-state index in [0.29, 0.717) is 11.3 Å². The van der Waals surface area contributed by atoms with E-state index in [4.69, 9.17) is 4.74 Å². The molecular weight excluding hydrogens is 318 g/mol. The summed E-state index contributed by atoms with van der Waals surface area (Å²) in [7, 11) is 1.29. The lowest BCUT2D eigenvalue weighted by atomic mass is 10.3. The minimum atomic E-state index is -0.507. The van der Waals surface area contributed by atoms with Crippen LogP contribution in [0.25, 0.3) is 0 Å². The molecule has 0 heterocycles. The molecule has 0 aliphatic heterocycles. The second-order valence-corrected chi connectivity index (χ2v) is 4.33. The van der Waals surface area contributed by atoms with Crippen LogP contribution in [-0.2, 0) is 9.53 Å². The van der Waals surface area contributed by atoms with Crippen LogP contribution in [0, 0.1) is 10.1 Å². The molecular formula is C12H12BrNO5. The van der Waals surface area contributed by atoms with Crippen LogP contribution in [0.5, 0.6) is 5.75 Å². The Kier molecular flexibility index (Phi) is 5.50. The average Bonchev–Trinajstić information content (AvgIpc) is 2.39. The number of ether oxygens (including phenoxy) is 2. The molecule has 0 aliphatic rings. The molecule has 1 aromatic rings. The summed E-state index contributed by atoms with van der Waals surface area (Å²) in [5, 5.41) is 10.7. The average molecular weight is 330 g/mol. The Hall–Kier alpha value is -1.89. The Bertz CT molecular complexity index is 527. The van der Waals surface area contributed by atoms with Gasteiger partial charge >= 0.3 is 5.97 Å². The summed E-state index contributed by atoms with van der Waals surface area (Å²) in [6.45, 7) is 1.71. The van der Waals surface area contributed by atoms with E-state index in [1.807, 2.05) is 0 Å². The monoisotopic (exact) mass is 329 g/mol. The standard InChI is InChI=1S/C12H12BrNO5/c1-8(12(15)18-2)6-7-19-10-5-3-4-9(11(10)13)14(16)17/h3-6H,7H2,1-2H3/b8-6+. The number of nitrogens with zero attached hydrogens (tertiary/aromatic N) is 1. The predicted molar refractivity (Wildman–Crippen MR) is 72.1 cm³/mol. The van der Waals surface area contributed by atoms with E-state index >= 15 is 0 Å². The van der Waals surface area contributed by atoms with Gasteiger partial charge in [-0.25, -0.2) is 4.79 Å². The Morgan fingerprint density at radius 1 is 1.53 bits per heavy atom. The molecule has 1 aromatic carbocycles. The number of carbonyl (C=O) groups excluding carboxylic acids is 1. The molecule has 0 atom stereocenters. The summed E-state index contributed by atoms with van der Waals surface area (Å²) in [6.07, 6.45) is 1.54. The molecule has 6 nitrogen and oxygen atoms in total. The van der Waals surface area contributed by atoms with Crippen molar-refractivity contribution in [3.8, 4) is 5.75 Å². The molecule has 0 fully saturated rings. The highest BCUT2D eigenvalue weighted by Crippen LogP contribution is 2.33. The second kappa shape index (κ2) is 6.89. The van der Waals surface area contributed by atoms with Gasteiger partial charge in [-0.15, -0.1) is 0 Å². The van der Waals surface area contributed by atoms with Crippen molar-refractivity contribution >= 4 is 27.6 Å². The first-order valence-corrected chi connectivity index (χ1v) is 6.07. The maximum absolute atomic E-state index is 11.1. The number of methoxy groups -OCH3 is 1. The fourth-order valence-electron chi connectivity index (χ4n) is 1.25. The Morgan fingerprint density at radius 3 is 2.79 bits per heavy atom. The zero-order chi connectivity index (χ0) is 14.4. The molecule has 0 amide bonds. The topological polar surface area (TPSA) is 78.7 Å². The number of hydrogen-bond donors (Lipinski definition) is 0. The Labute approximate surface area is 118 Å². The number of benzene rings is 1. The lowest BCUT2D eigenvalue weighted by Crippen LogP contribution is -2.04. The van der Waals surface area contributed by atoms with Crippen molar-refractivity contribution in [2.45, 2.75) is 6.92 Å². The first kappa shape index (κ1) is 15.2. The molecule has 0 aliphatic carbocycles. The summed E-state index contributed by atoms with van der Waals surface area (Å²) >= 11 is 3.11. The lowest BCUT2D eigenvalue weighted by molar-refractivity contribution is -0.385. The van der Waals surface area contributed by atoms with E-state index in [2.05, 4.69) is 20.7 Å². The van der Waals surface area contributed by atoms with Crippen molar-refractivity contribution in [3.63, 3.8) is 0 Å². The van der Waals surface area contributed by atoms with Gasteiger partial charge in [0.15, 0.2) is 0 Å². The molecule has 7 heteroatoms. The Balaban J connectivity index is 2.77. The maximum atomic E-state index is 11.1. The molecule has 0 spiro atoms. The fourth-order valence-corrected chi connectivity index (χ4v) is 1.78. The number of esters is 1. The maximum Gasteiger partial charge on any atom is 0.333 e. The molecule has 19 heavy (non-hydrogen) atoms. The summed E-state index contributed by atoms with van der Waals surface area (Å²) in [6, 6.07) is 4.49. The molecule has 0 aromatic heterocycles. The number of nitro benzene ring substituents is 1. The van der Waals surface area contributed by atoms with Gasteiger partial charge in [0.1, 0.15) is 16.8 Å². The second-order valence-electron chi connectivity index (χ2n) is 3.54. The molecule has 0 saturated carbocycles. The van der Waals surface area contributed by atoms with Gasteiger partial charge in [0.25, 0.3) is 5.69 Å². The van der Waals surface area contributed by atoms with Crippen molar-refractivity contribution in [1.82, 2.24) is 0 Å². The van der Waals surface area contributed by atoms with Crippen LogP contribution in [-0.4, -0.2) is 24.6 Å². The van der Waals surface area contributed by atoms with Crippen molar-refractivity contribution in [3.05, 3.63) is 44.4 Å². The van der Waals surface area contributed by atoms with Gasteiger partial charge in [-0.3, -0.25) is 10.1 Å². The van der Waals surface area contributed by atoms with E-state index in [1.165, 1.54) is 25.3 Å². The van der Waals surface area contributed by atoms with Gasteiger partial charge in [0.05, 0.1) is 12.0 Å². The molecule has 102 valence electrons. The number of rotatable bonds is 5. The van der Waals surface area contributed by atoms with Crippen LogP contribution >= 0.6 is 15.9 Å². The fraction of sp³-hybridized carbons (Fsp3) is 0.250. The minimum Gasteiger partial charge on any atom is -0.488 e. The molecule has 0 N–H and O–H groups in total. The molecule has 0 bridgehead atoms. The summed E-state index contributed by atoms with van der Waals surface area (Å²) < 4.78 is 10.2. The number of halogens is 1. The Morgan fingerprint density at radius 2 is 2.21 bits per heavy atom. The third kappa shape index (κ3) is 4.06. The van der Waals surface area contributed by atoms with E-state index in [0.717, 1.165) is 0 Å². The van der Waals surface area contributed by atoms with Crippen LogP contribution in [0.2, 0.25) is 0 Å². The highest BCUT2D eigenvalue weighted by atomic mass is 79.9. The lowest BCUT2D eigenvalue weighted by Gasteiger charge is -2.06. The van der Waals surface area contributed by atoms with E-state index in [-0.39, 0.29) is 16.8 Å². The van der Waals surface area contributed by atoms with E-state index < -0.39 is 10.9 Å². The van der Waals surface area contributed by atoms with Crippen LogP contribution in [0.15, 0.2) is 34.3 Å². The summed E-state index contributed by atoms with van der Waals surface area (Å²) in [5.41, 5.74) is 0.329. The highest BCUT2D eigenvalue weighted by molar-refractivity contribution is 9.10. The summed E-state index contributed by atoms with van der Waals surface area (Å²) in [4.78, 5) is 21.3. The van der Waals surface area contributed by atoms with Crippen molar-refractivity contribution in [2.75, 3.05) is 13.7 Å². The third-order valence-electron chi connectivity index (χ3n) is 2.28. The first-order valence-electron chi connectivity index (χ1n) is 5.28. The normalized spacial score (nSPS) is 11.0. The first-order chi connectivity index (χ1) is 8.97. The quantitative estimate of drug-likeness (QED) is 0.359. The number of nitro groups is 1. The van der Waals surface area contributed by atoms with Gasteiger partial charge in [0.2, 0.25) is 0 Å². The van der Waals surface area contributed by atoms with E-state index in [9.17, 15) is 14.9 Å². The third-order valence-corrected chi connectivity index (χ3v) is 3.07. The zero-order valence-electron chi connectivity index (χ0n) is 10.4. The van der Waals surface area contributed by atoms with Gasteiger partial charge in [-0.1, -0.05) is 6.07 Å². The van der Waals surface area contributed by atoms with Crippen LogP contribution in [0.4, 0.5) is 5.69 Å². The smallest absolute Gasteiger partial charge is 0.333 e. The molecule has 0 unspecified atom stereocenters. The van der Waals surface area contributed by atoms with Crippen LogP contribution in [0.1, 0.15) is 6.92 Å². The van der Waals surface area contributed by atoms with Gasteiger partial charge in [0, 0.05) is 11.6 Å². The van der Waals surface area contributed by atoms with Gasteiger partial charge < -0.3 is 9.47 Å². The largest absolute Gasteiger partial charge is 0.488 e. The van der Waals surface area contributed by atoms with Gasteiger partial charge in [-0.05, 0) is 35.0 Å². The van der Waals surface area contributed by atoms with Crippen molar-refractivity contribution in [1.29, 1.82) is 0 Å². The molecule has 0 saturated heterocycles. The highest BCUT2D eigenvalue weighted by Gasteiger charge is 2.15. The van der Waals surface area contributed by atoms with E-state index in [1.54, 1.807) is 13.0 Å². The number of hydrogen-bond acceptors (Lipinski definition) is 5.